The van der Waals surface area contributed by atoms with Gasteiger partial charge in [-0.3, -0.25) is 0 Å². The second kappa shape index (κ2) is 4.99. The predicted molar refractivity (Wildman–Crippen MR) is 56.6 cm³/mol. The van der Waals surface area contributed by atoms with Crippen LogP contribution in [0.4, 0.5) is 0 Å². The predicted octanol–water partition coefficient (Wildman–Crippen LogP) is 3.22. The average Bonchev–Trinajstić information content (AvgIpc) is 2.09. The van der Waals surface area contributed by atoms with Crippen LogP contribution in [0.15, 0.2) is 0 Å². The molecular weight excluding hydrogens is 160 g/mol. The highest BCUT2D eigenvalue weighted by atomic mass is 16.3. The van der Waals surface area contributed by atoms with Gasteiger partial charge in [0, 0.05) is 0 Å². The lowest BCUT2D eigenvalue weighted by atomic mass is 9.72. The third-order valence-corrected chi connectivity index (χ3v) is 3.73. The zero-order valence-electron chi connectivity index (χ0n) is 9.29. The second-order valence-electron chi connectivity index (χ2n) is 4.90. The Morgan fingerprint density at radius 3 is 2.38 bits per heavy atom. The normalized spacial score (nSPS) is 40.6. The third-order valence-electron chi connectivity index (χ3n) is 3.73. The smallest absolute Gasteiger partial charge is 0.0571 e. The third kappa shape index (κ3) is 2.98. The largest absolute Gasteiger partial charge is 0.393 e. The summed E-state index contributed by atoms with van der Waals surface area (Å²) in [6.45, 7) is 6.82. The minimum Gasteiger partial charge on any atom is -0.393 e. The zero-order chi connectivity index (χ0) is 9.84. The van der Waals surface area contributed by atoms with Gasteiger partial charge in [0.05, 0.1) is 6.10 Å². The lowest BCUT2D eigenvalue weighted by Gasteiger charge is -2.36. The second-order valence-corrected chi connectivity index (χ2v) is 4.90. The highest BCUT2D eigenvalue weighted by Crippen LogP contribution is 2.35. The van der Waals surface area contributed by atoms with Crippen LogP contribution in [0.3, 0.4) is 0 Å². The van der Waals surface area contributed by atoms with E-state index in [4.69, 9.17) is 0 Å². The molecule has 0 saturated heterocycles. The molecule has 0 radical (unpaired) electrons. The van der Waals surface area contributed by atoms with Crippen LogP contribution in [-0.4, -0.2) is 11.2 Å². The summed E-state index contributed by atoms with van der Waals surface area (Å²) in [5.74, 6) is 2.12. The van der Waals surface area contributed by atoms with Crippen LogP contribution in [0.5, 0.6) is 0 Å². The van der Waals surface area contributed by atoms with E-state index in [1.54, 1.807) is 0 Å². The Morgan fingerprint density at radius 1 is 1.15 bits per heavy atom. The van der Waals surface area contributed by atoms with Crippen molar-refractivity contribution < 1.29 is 5.11 Å². The van der Waals surface area contributed by atoms with E-state index in [0.29, 0.717) is 11.8 Å². The van der Waals surface area contributed by atoms with Gasteiger partial charge in [0.2, 0.25) is 0 Å². The first-order chi connectivity index (χ1) is 6.15. The molecule has 0 aromatic rings. The topological polar surface area (TPSA) is 20.2 Å². The molecule has 1 aliphatic carbocycles. The summed E-state index contributed by atoms with van der Waals surface area (Å²) in [4.78, 5) is 0. The maximum atomic E-state index is 9.88. The number of unbranched alkanes of at least 4 members (excludes halogenated alkanes) is 1. The van der Waals surface area contributed by atoms with Crippen molar-refractivity contribution >= 4 is 0 Å². The van der Waals surface area contributed by atoms with Crippen molar-refractivity contribution in [1.29, 1.82) is 0 Å². The van der Waals surface area contributed by atoms with Gasteiger partial charge in [-0.05, 0) is 37.0 Å². The van der Waals surface area contributed by atoms with Crippen molar-refractivity contribution in [3.05, 3.63) is 0 Å². The minimum absolute atomic E-state index is 0.0160. The highest BCUT2D eigenvalue weighted by Gasteiger charge is 2.30. The Kier molecular flexibility index (Phi) is 4.24. The van der Waals surface area contributed by atoms with E-state index in [1.807, 2.05) is 0 Å². The number of rotatable bonds is 3. The van der Waals surface area contributed by atoms with E-state index in [2.05, 4.69) is 20.8 Å². The zero-order valence-corrected chi connectivity index (χ0v) is 9.29. The molecule has 1 aliphatic rings. The molecule has 1 N–H and O–H groups in total. The maximum absolute atomic E-state index is 9.88. The van der Waals surface area contributed by atoms with E-state index in [-0.39, 0.29) is 6.10 Å². The number of aliphatic hydroxyl groups excluding tert-OH is 1. The molecule has 1 nitrogen and oxygen atoms in total. The standard InChI is InChI=1S/C12H24O/c1-4-5-6-11-7-9(2)10(3)8-12(11)13/h9-13H,4-8H2,1-3H3. The van der Waals surface area contributed by atoms with Crippen molar-refractivity contribution in [1.82, 2.24) is 0 Å². The van der Waals surface area contributed by atoms with Crippen molar-refractivity contribution in [3.8, 4) is 0 Å². The lowest BCUT2D eigenvalue weighted by Crippen LogP contribution is -2.33. The Balaban J connectivity index is 2.37. The number of aliphatic hydroxyl groups is 1. The Bertz CT molecular complexity index is 144. The van der Waals surface area contributed by atoms with Gasteiger partial charge in [-0.25, -0.2) is 0 Å². The Labute approximate surface area is 82.5 Å². The van der Waals surface area contributed by atoms with Crippen molar-refractivity contribution in [2.45, 2.75) is 59.0 Å². The molecule has 4 atom stereocenters. The van der Waals surface area contributed by atoms with Crippen LogP contribution >= 0.6 is 0 Å². The fraction of sp³-hybridized carbons (Fsp3) is 1.00. The monoisotopic (exact) mass is 184 g/mol. The van der Waals surface area contributed by atoms with E-state index >= 15 is 0 Å². The van der Waals surface area contributed by atoms with Gasteiger partial charge in [-0.2, -0.15) is 0 Å². The van der Waals surface area contributed by atoms with Gasteiger partial charge in [0.15, 0.2) is 0 Å². The first kappa shape index (κ1) is 11.0. The van der Waals surface area contributed by atoms with Crippen LogP contribution in [0.25, 0.3) is 0 Å². The molecule has 4 unspecified atom stereocenters. The first-order valence-electron chi connectivity index (χ1n) is 5.83. The lowest BCUT2D eigenvalue weighted by molar-refractivity contribution is 0.0199. The average molecular weight is 184 g/mol. The van der Waals surface area contributed by atoms with Crippen LogP contribution < -0.4 is 0 Å². The quantitative estimate of drug-likeness (QED) is 0.714. The summed E-state index contributed by atoms with van der Waals surface area (Å²) in [6, 6.07) is 0. The molecular formula is C12H24O. The minimum atomic E-state index is -0.0160. The van der Waals surface area contributed by atoms with Gasteiger partial charge in [-0.15, -0.1) is 0 Å². The summed E-state index contributed by atoms with van der Waals surface area (Å²) in [7, 11) is 0. The fourth-order valence-electron chi connectivity index (χ4n) is 2.45. The van der Waals surface area contributed by atoms with Crippen LogP contribution in [0.1, 0.15) is 52.9 Å². The van der Waals surface area contributed by atoms with Crippen molar-refractivity contribution in [3.63, 3.8) is 0 Å². The van der Waals surface area contributed by atoms with E-state index in [9.17, 15) is 5.11 Å². The SMILES string of the molecule is CCCCC1CC(C)C(C)CC1O. The summed E-state index contributed by atoms with van der Waals surface area (Å²) in [5.41, 5.74) is 0. The molecule has 0 aromatic heterocycles. The van der Waals surface area contributed by atoms with Gasteiger partial charge in [0.25, 0.3) is 0 Å². The van der Waals surface area contributed by atoms with Crippen LogP contribution in [-0.2, 0) is 0 Å². The van der Waals surface area contributed by atoms with Crippen molar-refractivity contribution in [2.75, 3.05) is 0 Å². The summed E-state index contributed by atoms with van der Waals surface area (Å²) in [6.07, 6.45) is 6.01. The van der Waals surface area contributed by atoms with Crippen LogP contribution in [0.2, 0.25) is 0 Å². The molecule has 0 aromatic carbocycles. The molecule has 1 heteroatoms. The Hall–Kier alpha value is -0.0400. The molecule has 0 spiro atoms. The van der Waals surface area contributed by atoms with E-state index in [1.165, 1.54) is 25.7 Å². The van der Waals surface area contributed by atoms with Crippen LogP contribution in [0, 0.1) is 17.8 Å². The summed E-state index contributed by atoms with van der Waals surface area (Å²) >= 11 is 0. The summed E-state index contributed by atoms with van der Waals surface area (Å²) < 4.78 is 0. The summed E-state index contributed by atoms with van der Waals surface area (Å²) in [5, 5.41) is 9.88. The molecule has 0 amide bonds. The van der Waals surface area contributed by atoms with Gasteiger partial charge < -0.3 is 5.11 Å². The first-order valence-corrected chi connectivity index (χ1v) is 5.83. The molecule has 0 bridgehead atoms. The Morgan fingerprint density at radius 2 is 1.77 bits per heavy atom. The van der Waals surface area contributed by atoms with E-state index < -0.39 is 0 Å². The molecule has 1 rings (SSSR count). The maximum Gasteiger partial charge on any atom is 0.0571 e. The van der Waals surface area contributed by atoms with Gasteiger partial charge in [0.1, 0.15) is 0 Å². The van der Waals surface area contributed by atoms with Gasteiger partial charge in [-0.1, -0.05) is 33.6 Å². The van der Waals surface area contributed by atoms with Crippen molar-refractivity contribution in [2.24, 2.45) is 17.8 Å². The number of hydrogen-bond acceptors (Lipinski definition) is 1. The number of hydrogen-bond donors (Lipinski definition) is 1. The fourth-order valence-corrected chi connectivity index (χ4v) is 2.45. The van der Waals surface area contributed by atoms with E-state index in [0.717, 1.165) is 12.3 Å². The van der Waals surface area contributed by atoms with Gasteiger partial charge >= 0.3 is 0 Å². The molecule has 0 aliphatic heterocycles. The molecule has 0 heterocycles. The molecule has 78 valence electrons. The molecule has 1 fully saturated rings. The highest BCUT2D eigenvalue weighted by molar-refractivity contribution is 4.81. The molecule has 1 saturated carbocycles. The molecule has 13 heavy (non-hydrogen) atoms.